The van der Waals surface area contributed by atoms with Crippen LogP contribution in [0.1, 0.15) is 25.3 Å². The van der Waals surface area contributed by atoms with Gasteiger partial charge in [-0.1, -0.05) is 13.0 Å². The van der Waals surface area contributed by atoms with Gasteiger partial charge >= 0.3 is 6.18 Å². The second-order valence-electron chi connectivity index (χ2n) is 8.21. The molecule has 0 aliphatic carbocycles. The van der Waals surface area contributed by atoms with Crippen molar-refractivity contribution in [2.24, 2.45) is 10.1 Å². The third-order valence-electron chi connectivity index (χ3n) is 5.99. The molecule has 6 nitrogen and oxygen atoms in total. The number of rotatable bonds is 11. The van der Waals surface area contributed by atoms with E-state index in [0.29, 0.717) is 10.7 Å². The number of hydrazone groups is 1. The van der Waals surface area contributed by atoms with Crippen LogP contribution in [0.5, 0.6) is 0 Å². The highest BCUT2D eigenvalue weighted by atomic mass is 32.1. The minimum atomic E-state index is -4.31. The summed E-state index contributed by atoms with van der Waals surface area (Å²) in [7, 11) is 1.72. The molecule has 1 fully saturated rings. The zero-order chi connectivity index (χ0) is 23.8. The second kappa shape index (κ2) is 11.8. The fraction of sp³-hybridized carbons (Fsp3) is 0.565. The van der Waals surface area contributed by atoms with E-state index in [1.807, 2.05) is 5.38 Å². The van der Waals surface area contributed by atoms with Crippen molar-refractivity contribution in [3.63, 3.8) is 0 Å². The van der Waals surface area contributed by atoms with E-state index in [9.17, 15) is 13.2 Å². The third kappa shape index (κ3) is 6.91. The summed E-state index contributed by atoms with van der Waals surface area (Å²) in [5.41, 5.74) is 0.461. The first-order valence-electron chi connectivity index (χ1n) is 11.3. The molecule has 1 aromatic heterocycles. The van der Waals surface area contributed by atoms with Crippen LogP contribution in [0.15, 0.2) is 33.7 Å². The normalized spacial score (nSPS) is 16.6. The van der Waals surface area contributed by atoms with Crippen molar-refractivity contribution in [2.75, 3.05) is 57.8 Å². The number of nitrogens with zero attached hydrogens (tertiary/aromatic N) is 5. The highest BCUT2D eigenvalue weighted by Crippen LogP contribution is 2.38. The van der Waals surface area contributed by atoms with Crippen molar-refractivity contribution in [3.05, 3.63) is 29.1 Å². The monoisotopic (exact) mass is 482 g/mol. The first-order valence-corrected chi connectivity index (χ1v) is 12.2. The van der Waals surface area contributed by atoms with Crippen LogP contribution in [-0.2, 0) is 6.18 Å². The van der Waals surface area contributed by atoms with Gasteiger partial charge in [-0.05, 0) is 31.5 Å². The quantitative estimate of drug-likeness (QED) is 0.224. The molecule has 1 aromatic carbocycles. The Hall–Kier alpha value is -2.17. The lowest BCUT2D eigenvalue weighted by Crippen LogP contribution is -2.50. The summed E-state index contributed by atoms with van der Waals surface area (Å²) in [6.45, 7) is 12.1. The second-order valence-corrected chi connectivity index (χ2v) is 9.12. The van der Waals surface area contributed by atoms with E-state index in [1.165, 1.54) is 23.5 Å². The molecule has 1 saturated heterocycles. The summed E-state index contributed by atoms with van der Waals surface area (Å²) < 4.78 is 39.7. The smallest absolute Gasteiger partial charge is 0.368 e. The predicted molar refractivity (Wildman–Crippen MR) is 133 cm³/mol. The topological polar surface area (TPSA) is 46.5 Å². The molecule has 1 N–H and O–H groups in total. The van der Waals surface area contributed by atoms with Crippen LogP contribution < -0.4 is 10.2 Å². The molecule has 33 heavy (non-hydrogen) atoms. The highest BCUT2D eigenvalue weighted by molar-refractivity contribution is 7.17. The highest BCUT2D eigenvalue weighted by Gasteiger charge is 2.31. The molecule has 0 spiro atoms. The molecule has 182 valence electrons. The maximum atomic E-state index is 13.0. The van der Waals surface area contributed by atoms with Gasteiger partial charge in [0.1, 0.15) is 6.34 Å². The van der Waals surface area contributed by atoms with Crippen LogP contribution in [0.25, 0.3) is 10.1 Å². The number of thiophene rings is 1. The van der Waals surface area contributed by atoms with Crippen LogP contribution in [0, 0.1) is 0 Å². The van der Waals surface area contributed by atoms with Crippen LogP contribution >= 0.6 is 11.3 Å². The number of piperazine rings is 1. The Morgan fingerprint density at radius 2 is 2.03 bits per heavy atom. The lowest BCUT2D eigenvalue weighted by molar-refractivity contribution is -0.137. The zero-order valence-corrected chi connectivity index (χ0v) is 20.1. The summed E-state index contributed by atoms with van der Waals surface area (Å²) >= 11 is 1.38. The van der Waals surface area contributed by atoms with Gasteiger partial charge in [0.15, 0.2) is 0 Å². The molecule has 1 atom stereocenters. The van der Waals surface area contributed by atoms with Crippen molar-refractivity contribution in [3.8, 4) is 0 Å². The molecule has 1 aliphatic rings. The average Bonchev–Trinajstić information content (AvgIpc) is 3.23. The molecule has 1 aliphatic heterocycles. The van der Waals surface area contributed by atoms with Crippen LogP contribution in [0.3, 0.4) is 0 Å². The zero-order valence-electron chi connectivity index (χ0n) is 19.3. The van der Waals surface area contributed by atoms with Gasteiger partial charge < -0.3 is 10.2 Å². The van der Waals surface area contributed by atoms with Gasteiger partial charge in [-0.2, -0.15) is 18.3 Å². The molecule has 10 heteroatoms. The van der Waals surface area contributed by atoms with E-state index in [4.69, 9.17) is 0 Å². The standard InChI is InChI=1S/C23H33F3N6S/c1-4-19(29-8-5-9-32(28-3)17-27-2)15-30-10-12-31(13-11-30)21-16-33-22-14-18(23(24,25)26)6-7-20(21)22/h6-7,14,16-17,19,29H,3-5,8-13,15H2,1-2H3. The van der Waals surface area contributed by atoms with Crippen LogP contribution in [0.4, 0.5) is 18.9 Å². The molecule has 2 heterocycles. The van der Waals surface area contributed by atoms with Gasteiger partial charge in [0, 0.05) is 74.5 Å². The molecule has 0 saturated carbocycles. The van der Waals surface area contributed by atoms with E-state index in [-0.39, 0.29) is 0 Å². The van der Waals surface area contributed by atoms with Crippen molar-refractivity contribution >= 4 is 40.2 Å². The Morgan fingerprint density at radius 3 is 2.67 bits per heavy atom. The Balaban J connectivity index is 1.47. The number of fused-ring (bicyclic) bond motifs is 1. The van der Waals surface area contributed by atoms with Gasteiger partial charge in [0.25, 0.3) is 0 Å². The number of benzene rings is 1. The van der Waals surface area contributed by atoms with E-state index in [1.54, 1.807) is 24.5 Å². The van der Waals surface area contributed by atoms with Gasteiger partial charge in [0.2, 0.25) is 0 Å². The number of halogens is 3. The van der Waals surface area contributed by atoms with Crippen molar-refractivity contribution in [2.45, 2.75) is 32.0 Å². The fourth-order valence-corrected chi connectivity index (χ4v) is 5.11. The largest absolute Gasteiger partial charge is 0.416 e. The fourth-order valence-electron chi connectivity index (χ4n) is 4.10. The molecule has 0 amide bonds. The Kier molecular flexibility index (Phi) is 9.10. The number of hydrogen-bond donors (Lipinski definition) is 1. The minimum absolute atomic E-state index is 0.421. The number of alkyl halides is 3. The van der Waals surface area contributed by atoms with Crippen molar-refractivity contribution in [1.82, 2.24) is 15.2 Å². The van der Waals surface area contributed by atoms with E-state index in [2.05, 4.69) is 38.9 Å². The minimum Gasteiger partial charge on any atom is -0.368 e. The number of nitrogens with one attached hydrogen (secondary N) is 1. The predicted octanol–water partition coefficient (Wildman–Crippen LogP) is 4.38. The van der Waals surface area contributed by atoms with Crippen LogP contribution in [-0.4, -0.2) is 81.9 Å². The molecule has 0 bridgehead atoms. The lowest BCUT2D eigenvalue weighted by Gasteiger charge is -2.37. The van der Waals surface area contributed by atoms with Crippen LogP contribution in [0.2, 0.25) is 0 Å². The molecular formula is C23H33F3N6S. The van der Waals surface area contributed by atoms with E-state index in [0.717, 1.165) is 69.7 Å². The first kappa shape index (κ1) is 25.5. The van der Waals surface area contributed by atoms with Crippen molar-refractivity contribution < 1.29 is 13.2 Å². The maximum absolute atomic E-state index is 13.0. The van der Waals surface area contributed by atoms with Gasteiger partial charge in [0.05, 0.1) is 11.3 Å². The van der Waals surface area contributed by atoms with E-state index < -0.39 is 11.7 Å². The maximum Gasteiger partial charge on any atom is 0.416 e. The Bertz CT molecular complexity index is 921. The summed E-state index contributed by atoms with van der Waals surface area (Å²) in [5, 5.41) is 12.2. The average molecular weight is 483 g/mol. The molecule has 1 unspecified atom stereocenters. The number of hydrogen-bond acceptors (Lipinski definition) is 6. The summed E-state index contributed by atoms with van der Waals surface area (Å²) in [5.74, 6) is 0. The number of anilines is 1. The van der Waals surface area contributed by atoms with Crippen molar-refractivity contribution in [1.29, 1.82) is 0 Å². The summed E-state index contributed by atoms with van der Waals surface area (Å²) in [6, 6.07) is 4.48. The SMILES string of the molecule is C=NN(C=NC)CCCNC(CC)CN1CCN(c2csc3cc(C(F)(F)F)ccc23)CC1. The van der Waals surface area contributed by atoms with Gasteiger partial charge in [-0.25, -0.2) is 0 Å². The summed E-state index contributed by atoms with van der Waals surface area (Å²) in [6.07, 6.45) is -0.622. The first-order chi connectivity index (χ1) is 15.9. The third-order valence-corrected chi connectivity index (χ3v) is 6.93. The Labute approximate surface area is 197 Å². The number of aliphatic imine (C=N–C) groups is 1. The Morgan fingerprint density at radius 1 is 1.27 bits per heavy atom. The molecule has 0 radical (unpaired) electrons. The van der Waals surface area contributed by atoms with Gasteiger partial charge in [-0.15, -0.1) is 11.3 Å². The molecular weight excluding hydrogens is 449 g/mol. The molecule has 3 rings (SSSR count). The lowest BCUT2D eigenvalue weighted by atomic mass is 10.1. The molecule has 2 aromatic rings. The summed E-state index contributed by atoms with van der Waals surface area (Å²) in [4.78, 5) is 8.72. The van der Waals surface area contributed by atoms with Gasteiger partial charge in [-0.3, -0.25) is 14.9 Å². The van der Waals surface area contributed by atoms with E-state index >= 15 is 0 Å².